The maximum atomic E-state index is 13.2. The highest BCUT2D eigenvalue weighted by molar-refractivity contribution is 7.99. The molecule has 0 aliphatic carbocycles. The molecule has 6 heteroatoms. The molecule has 1 aromatic carbocycles. The van der Waals surface area contributed by atoms with E-state index < -0.39 is 0 Å². The summed E-state index contributed by atoms with van der Waals surface area (Å²) in [7, 11) is 0. The minimum Gasteiger partial charge on any atom is -0.332 e. The van der Waals surface area contributed by atoms with Crippen molar-refractivity contribution in [2.75, 3.05) is 37.7 Å². The predicted octanol–water partition coefficient (Wildman–Crippen LogP) is 3.85. The Morgan fingerprint density at radius 2 is 1.92 bits per heavy atom. The molecule has 1 aromatic heterocycles. The van der Waals surface area contributed by atoms with Crippen molar-refractivity contribution < 1.29 is 4.79 Å². The number of nitrogens with zero attached hydrogens (tertiary/aromatic N) is 3. The lowest BCUT2D eigenvalue weighted by molar-refractivity contribution is 0.0661. The van der Waals surface area contributed by atoms with Crippen molar-refractivity contribution in [3.63, 3.8) is 0 Å². The lowest BCUT2D eigenvalue weighted by Gasteiger charge is -2.32. The Bertz CT molecular complexity index is 728. The first-order chi connectivity index (χ1) is 12.8. The van der Waals surface area contributed by atoms with Crippen LogP contribution in [0.25, 0.3) is 10.6 Å². The van der Waals surface area contributed by atoms with E-state index in [9.17, 15) is 4.79 Å². The third-order valence-electron chi connectivity index (χ3n) is 5.11. The fourth-order valence-corrected chi connectivity index (χ4v) is 5.60. The Balaban J connectivity index is 1.51. The Hall–Kier alpha value is -1.37. The number of hydrogen-bond acceptors (Lipinski definition) is 5. The summed E-state index contributed by atoms with van der Waals surface area (Å²) in [5, 5.41) is 2.85. The van der Waals surface area contributed by atoms with Crippen molar-refractivity contribution in [3.05, 3.63) is 41.4 Å². The number of rotatable bonds is 4. The minimum absolute atomic E-state index is 0.107. The molecule has 4 nitrogen and oxygen atoms in total. The zero-order chi connectivity index (χ0) is 17.8. The molecule has 1 atom stereocenters. The van der Waals surface area contributed by atoms with Gasteiger partial charge in [-0.15, -0.1) is 11.3 Å². The van der Waals surface area contributed by atoms with Crippen LogP contribution in [-0.2, 0) is 0 Å². The van der Waals surface area contributed by atoms with E-state index >= 15 is 0 Å². The van der Waals surface area contributed by atoms with Crippen LogP contribution < -0.4 is 0 Å². The zero-order valence-electron chi connectivity index (χ0n) is 15.0. The number of amides is 1. The van der Waals surface area contributed by atoms with Crippen molar-refractivity contribution in [2.45, 2.75) is 25.3 Å². The molecule has 0 unspecified atom stereocenters. The van der Waals surface area contributed by atoms with Crippen LogP contribution in [0.3, 0.4) is 0 Å². The topological polar surface area (TPSA) is 36.4 Å². The number of thiazole rings is 1. The molecular formula is C20H25N3OS2. The number of carbonyl (C=O) groups excluding carboxylic acids is 1. The van der Waals surface area contributed by atoms with Crippen LogP contribution in [0.2, 0.25) is 0 Å². The normalized spacial score (nSPS) is 21.7. The average molecular weight is 388 g/mol. The van der Waals surface area contributed by atoms with Crippen molar-refractivity contribution in [2.24, 2.45) is 0 Å². The standard InChI is InChI=1S/C20H25N3OS2/c24-20(18-15-26-19(21-18)16-7-2-1-3-8-16)23-11-6-12-25-14-17(23)13-22-9-4-5-10-22/h1-3,7-8,15,17H,4-6,9-14H2/t17-/m1/s1. The van der Waals surface area contributed by atoms with E-state index in [4.69, 9.17) is 0 Å². The first-order valence-corrected chi connectivity index (χ1v) is 11.5. The fourth-order valence-electron chi connectivity index (χ4n) is 3.74. The SMILES string of the molecule is O=C(c1csc(-c2ccccc2)n1)N1CCCSC[C@H]1CN1CCCC1. The molecule has 138 valence electrons. The van der Waals surface area contributed by atoms with Crippen LogP contribution in [0, 0.1) is 0 Å². The number of hydrogen-bond donors (Lipinski definition) is 0. The molecule has 0 bridgehead atoms. The molecule has 2 aliphatic rings. The van der Waals surface area contributed by atoms with Gasteiger partial charge in [0.25, 0.3) is 5.91 Å². The first kappa shape index (κ1) is 18.0. The van der Waals surface area contributed by atoms with Crippen molar-refractivity contribution in [1.29, 1.82) is 0 Å². The summed E-state index contributed by atoms with van der Waals surface area (Å²) in [6.45, 7) is 4.22. The van der Waals surface area contributed by atoms with Gasteiger partial charge >= 0.3 is 0 Å². The molecule has 1 amide bonds. The molecule has 2 saturated heterocycles. The number of benzene rings is 1. The summed E-state index contributed by atoms with van der Waals surface area (Å²) in [4.78, 5) is 22.5. The van der Waals surface area contributed by atoms with E-state index in [0.717, 1.165) is 41.6 Å². The van der Waals surface area contributed by atoms with E-state index in [1.54, 1.807) is 11.3 Å². The summed E-state index contributed by atoms with van der Waals surface area (Å²) >= 11 is 3.55. The largest absolute Gasteiger partial charge is 0.332 e. The van der Waals surface area contributed by atoms with Crippen molar-refractivity contribution >= 4 is 29.0 Å². The van der Waals surface area contributed by atoms with Gasteiger partial charge in [0.2, 0.25) is 0 Å². The van der Waals surface area contributed by atoms with Crippen LogP contribution in [0.5, 0.6) is 0 Å². The Labute approximate surface area is 163 Å². The summed E-state index contributed by atoms with van der Waals surface area (Å²) in [5.74, 6) is 2.29. The van der Waals surface area contributed by atoms with Crippen molar-refractivity contribution in [3.8, 4) is 10.6 Å². The summed E-state index contributed by atoms with van der Waals surface area (Å²) in [5.41, 5.74) is 1.68. The van der Waals surface area contributed by atoms with Gasteiger partial charge in [-0.3, -0.25) is 4.79 Å². The Kier molecular flexibility index (Phi) is 5.92. The van der Waals surface area contributed by atoms with E-state index in [2.05, 4.69) is 14.8 Å². The van der Waals surface area contributed by atoms with Crippen LogP contribution in [0.15, 0.2) is 35.7 Å². The fraction of sp³-hybridized carbons (Fsp3) is 0.500. The quantitative estimate of drug-likeness (QED) is 0.798. The van der Waals surface area contributed by atoms with E-state index in [0.29, 0.717) is 11.7 Å². The van der Waals surface area contributed by atoms with Gasteiger partial charge in [-0.1, -0.05) is 30.3 Å². The van der Waals surface area contributed by atoms with Gasteiger partial charge in [0, 0.05) is 29.8 Å². The van der Waals surface area contributed by atoms with Crippen LogP contribution >= 0.6 is 23.1 Å². The molecule has 2 fully saturated rings. The molecule has 2 aromatic rings. The first-order valence-electron chi connectivity index (χ1n) is 9.43. The second-order valence-corrected chi connectivity index (χ2v) is 9.00. The molecule has 2 aliphatic heterocycles. The maximum absolute atomic E-state index is 13.2. The molecular weight excluding hydrogens is 362 g/mol. The van der Waals surface area contributed by atoms with Gasteiger partial charge in [0.05, 0.1) is 6.04 Å². The highest BCUT2D eigenvalue weighted by Gasteiger charge is 2.30. The molecule has 0 N–H and O–H groups in total. The van der Waals surface area contributed by atoms with E-state index in [1.807, 2.05) is 47.5 Å². The van der Waals surface area contributed by atoms with E-state index in [1.165, 1.54) is 25.9 Å². The molecule has 26 heavy (non-hydrogen) atoms. The second-order valence-electron chi connectivity index (χ2n) is 6.99. The smallest absolute Gasteiger partial charge is 0.273 e. The maximum Gasteiger partial charge on any atom is 0.273 e. The summed E-state index contributed by atoms with van der Waals surface area (Å²) in [6, 6.07) is 10.4. The van der Waals surface area contributed by atoms with Gasteiger partial charge in [0.15, 0.2) is 0 Å². The second kappa shape index (κ2) is 8.55. The van der Waals surface area contributed by atoms with Gasteiger partial charge in [-0.25, -0.2) is 4.98 Å². The molecule has 0 saturated carbocycles. The number of carbonyl (C=O) groups is 1. The van der Waals surface area contributed by atoms with Gasteiger partial charge < -0.3 is 9.80 Å². The number of thioether (sulfide) groups is 1. The zero-order valence-corrected chi connectivity index (χ0v) is 16.6. The highest BCUT2D eigenvalue weighted by Crippen LogP contribution is 2.26. The van der Waals surface area contributed by atoms with Crippen LogP contribution in [-0.4, -0.2) is 64.4 Å². The average Bonchev–Trinajstić information content (AvgIpc) is 3.31. The number of aromatic nitrogens is 1. The molecule has 0 radical (unpaired) electrons. The predicted molar refractivity (Wildman–Crippen MR) is 110 cm³/mol. The third-order valence-corrected chi connectivity index (χ3v) is 7.20. The summed E-state index contributed by atoms with van der Waals surface area (Å²) in [6.07, 6.45) is 3.66. The Morgan fingerprint density at radius 3 is 2.73 bits per heavy atom. The van der Waals surface area contributed by atoms with Crippen LogP contribution in [0.1, 0.15) is 29.8 Å². The molecule has 0 spiro atoms. The monoisotopic (exact) mass is 387 g/mol. The lowest BCUT2D eigenvalue weighted by atomic mass is 10.2. The number of likely N-dealkylation sites (tertiary alicyclic amines) is 1. The van der Waals surface area contributed by atoms with E-state index in [-0.39, 0.29) is 5.91 Å². The highest BCUT2D eigenvalue weighted by atomic mass is 32.2. The van der Waals surface area contributed by atoms with Gasteiger partial charge in [-0.2, -0.15) is 11.8 Å². The summed E-state index contributed by atoms with van der Waals surface area (Å²) < 4.78 is 0. The third kappa shape index (κ3) is 4.13. The molecule has 3 heterocycles. The van der Waals surface area contributed by atoms with Gasteiger partial charge in [-0.05, 0) is 38.1 Å². The molecule has 4 rings (SSSR count). The van der Waals surface area contributed by atoms with Crippen molar-refractivity contribution in [1.82, 2.24) is 14.8 Å². The minimum atomic E-state index is 0.107. The van der Waals surface area contributed by atoms with Crippen LogP contribution in [0.4, 0.5) is 0 Å². The van der Waals surface area contributed by atoms with Gasteiger partial charge in [0.1, 0.15) is 10.7 Å². The lowest BCUT2D eigenvalue weighted by Crippen LogP contribution is -2.47. The Morgan fingerprint density at radius 1 is 1.12 bits per heavy atom.